The Morgan fingerprint density at radius 1 is 1.25 bits per heavy atom. The molecule has 1 N–H and O–H groups in total. The van der Waals surface area contributed by atoms with Gasteiger partial charge in [0.2, 0.25) is 10.0 Å². The van der Waals surface area contributed by atoms with Crippen LogP contribution in [0.25, 0.3) is 0 Å². The molecule has 0 saturated heterocycles. The van der Waals surface area contributed by atoms with Gasteiger partial charge in [-0.05, 0) is 40.2 Å². The highest BCUT2D eigenvalue weighted by atomic mass is 79.9. The molecule has 0 saturated carbocycles. The van der Waals surface area contributed by atoms with Gasteiger partial charge in [0.1, 0.15) is 10.8 Å². The summed E-state index contributed by atoms with van der Waals surface area (Å²) in [5, 5.41) is 0. The van der Waals surface area contributed by atoms with E-state index < -0.39 is 15.8 Å². The van der Waals surface area contributed by atoms with E-state index in [4.69, 9.17) is 4.74 Å². The first-order valence-electron chi connectivity index (χ1n) is 5.61. The van der Waals surface area contributed by atoms with E-state index in [1.54, 1.807) is 18.2 Å². The first-order valence-corrected chi connectivity index (χ1v) is 8.70. The number of benzene rings is 1. The van der Waals surface area contributed by atoms with Crippen molar-refractivity contribution >= 4 is 37.3 Å². The molecule has 0 radical (unpaired) electrons. The Balaban J connectivity index is 1.86. The van der Waals surface area contributed by atoms with E-state index in [1.165, 1.54) is 18.2 Å². The van der Waals surface area contributed by atoms with E-state index >= 15 is 0 Å². The Kier molecular flexibility index (Phi) is 5.14. The lowest BCUT2D eigenvalue weighted by Gasteiger charge is -2.08. The molecule has 4 nitrogen and oxygen atoms in total. The van der Waals surface area contributed by atoms with Gasteiger partial charge >= 0.3 is 0 Å². The van der Waals surface area contributed by atoms with Crippen molar-refractivity contribution in [2.45, 2.75) is 4.21 Å². The highest BCUT2D eigenvalue weighted by Gasteiger charge is 2.15. The Bertz CT molecular complexity index is 688. The predicted octanol–water partition coefficient (Wildman–Crippen LogP) is 3.01. The van der Waals surface area contributed by atoms with Crippen LogP contribution in [0, 0.1) is 5.82 Å². The van der Waals surface area contributed by atoms with Crippen LogP contribution in [-0.4, -0.2) is 21.6 Å². The molecule has 1 aromatic carbocycles. The number of sulfonamides is 1. The zero-order chi connectivity index (χ0) is 14.6. The summed E-state index contributed by atoms with van der Waals surface area (Å²) >= 11 is 4.32. The van der Waals surface area contributed by atoms with Crippen molar-refractivity contribution in [2.24, 2.45) is 0 Å². The van der Waals surface area contributed by atoms with Crippen molar-refractivity contribution in [1.29, 1.82) is 0 Å². The fourth-order valence-electron chi connectivity index (χ4n) is 1.41. The van der Waals surface area contributed by atoms with Gasteiger partial charge in [0.15, 0.2) is 11.6 Å². The normalized spacial score (nSPS) is 11.5. The summed E-state index contributed by atoms with van der Waals surface area (Å²) in [6.45, 7) is 0.110. The van der Waals surface area contributed by atoms with Crippen molar-refractivity contribution in [1.82, 2.24) is 4.72 Å². The smallest absolute Gasteiger partial charge is 0.250 e. The molecule has 0 spiro atoms. The van der Waals surface area contributed by atoms with Gasteiger partial charge in [-0.25, -0.2) is 17.5 Å². The summed E-state index contributed by atoms with van der Waals surface area (Å²) in [4.78, 5) is 0. The Labute approximate surface area is 128 Å². The van der Waals surface area contributed by atoms with E-state index in [2.05, 4.69) is 20.7 Å². The molecule has 0 unspecified atom stereocenters. The molecule has 0 bridgehead atoms. The molecule has 0 aliphatic rings. The summed E-state index contributed by atoms with van der Waals surface area (Å²) in [6, 6.07) is 9.14. The predicted molar refractivity (Wildman–Crippen MR) is 79.1 cm³/mol. The summed E-state index contributed by atoms with van der Waals surface area (Å²) in [7, 11) is -3.54. The van der Waals surface area contributed by atoms with Crippen LogP contribution in [0.4, 0.5) is 4.39 Å². The SMILES string of the molecule is O=S(=O)(NCCOc1ccccc1F)c1ccc(Br)s1. The number of nitrogens with one attached hydrogen (secondary N) is 1. The average molecular weight is 380 g/mol. The van der Waals surface area contributed by atoms with Crippen LogP contribution in [0.3, 0.4) is 0 Å². The Hall–Kier alpha value is -0.960. The molecule has 0 aliphatic heterocycles. The molecular formula is C12H11BrFNO3S2. The minimum atomic E-state index is -3.54. The maximum atomic E-state index is 13.3. The van der Waals surface area contributed by atoms with Crippen LogP contribution in [0.2, 0.25) is 0 Å². The number of para-hydroxylation sites is 1. The van der Waals surface area contributed by atoms with Crippen LogP contribution in [-0.2, 0) is 10.0 Å². The lowest BCUT2D eigenvalue weighted by Crippen LogP contribution is -2.27. The summed E-state index contributed by atoms with van der Waals surface area (Å²) in [6.07, 6.45) is 0. The zero-order valence-corrected chi connectivity index (χ0v) is 13.4. The van der Waals surface area contributed by atoms with Gasteiger partial charge in [-0.3, -0.25) is 0 Å². The largest absolute Gasteiger partial charge is 0.489 e. The van der Waals surface area contributed by atoms with Gasteiger partial charge in [-0.15, -0.1) is 11.3 Å². The second kappa shape index (κ2) is 6.66. The number of halogens is 2. The first kappa shape index (κ1) is 15.4. The lowest BCUT2D eigenvalue weighted by molar-refractivity contribution is 0.306. The van der Waals surface area contributed by atoms with Crippen LogP contribution in [0.1, 0.15) is 0 Å². The third-order valence-corrected chi connectivity index (χ3v) is 5.88. The highest BCUT2D eigenvalue weighted by Crippen LogP contribution is 2.25. The van der Waals surface area contributed by atoms with Gasteiger partial charge in [-0.2, -0.15) is 0 Å². The quantitative estimate of drug-likeness (QED) is 0.784. The second-order valence-electron chi connectivity index (χ2n) is 3.74. The minimum Gasteiger partial charge on any atom is -0.489 e. The van der Waals surface area contributed by atoms with E-state index in [1.807, 2.05) is 0 Å². The van der Waals surface area contributed by atoms with Gasteiger partial charge in [-0.1, -0.05) is 12.1 Å². The number of ether oxygens (including phenoxy) is 1. The van der Waals surface area contributed by atoms with Gasteiger partial charge in [0.05, 0.1) is 3.79 Å². The van der Waals surface area contributed by atoms with E-state index in [-0.39, 0.29) is 23.1 Å². The molecule has 0 amide bonds. The number of thiophene rings is 1. The third-order valence-electron chi connectivity index (χ3n) is 2.30. The van der Waals surface area contributed by atoms with Crippen LogP contribution in [0.15, 0.2) is 44.4 Å². The Morgan fingerprint density at radius 2 is 2.00 bits per heavy atom. The van der Waals surface area contributed by atoms with E-state index in [0.717, 1.165) is 15.1 Å². The fourth-order valence-corrected chi connectivity index (χ4v) is 4.48. The average Bonchev–Trinajstić information content (AvgIpc) is 2.84. The standard InChI is InChI=1S/C12H11BrFNO3S2/c13-11-5-6-12(19-11)20(16,17)15-7-8-18-10-4-2-1-3-9(10)14/h1-6,15H,7-8H2. The lowest BCUT2D eigenvalue weighted by atomic mass is 10.3. The fraction of sp³-hybridized carbons (Fsp3) is 0.167. The molecule has 1 heterocycles. The summed E-state index contributed by atoms with van der Waals surface area (Å²) < 4.78 is 45.5. The van der Waals surface area contributed by atoms with Crippen molar-refractivity contribution in [3.05, 3.63) is 46.0 Å². The topological polar surface area (TPSA) is 55.4 Å². The minimum absolute atomic E-state index is 0.0483. The third kappa shape index (κ3) is 4.02. The zero-order valence-electron chi connectivity index (χ0n) is 10.2. The van der Waals surface area contributed by atoms with E-state index in [0.29, 0.717) is 0 Å². The number of hydrogen-bond acceptors (Lipinski definition) is 4. The second-order valence-corrected chi connectivity index (χ2v) is 8.19. The summed E-state index contributed by atoms with van der Waals surface area (Å²) in [5.74, 6) is -0.372. The molecule has 0 atom stereocenters. The molecule has 2 rings (SSSR count). The maximum absolute atomic E-state index is 13.3. The monoisotopic (exact) mass is 379 g/mol. The molecule has 0 fully saturated rings. The highest BCUT2D eigenvalue weighted by molar-refractivity contribution is 9.11. The maximum Gasteiger partial charge on any atom is 0.250 e. The molecular weight excluding hydrogens is 369 g/mol. The summed E-state index contributed by atoms with van der Waals surface area (Å²) in [5.41, 5.74) is 0. The molecule has 0 aliphatic carbocycles. The van der Waals surface area contributed by atoms with Gasteiger partial charge in [0, 0.05) is 6.54 Å². The van der Waals surface area contributed by atoms with Gasteiger partial charge in [0.25, 0.3) is 0 Å². The first-order chi connectivity index (χ1) is 9.49. The van der Waals surface area contributed by atoms with Crippen molar-refractivity contribution < 1.29 is 17.5 Å². The van der Waals surface area contributed by atoms with Crippen LogP contribution in [0.5, 0.6) is 5.75 Å². The number of hydrogen-bond donors (Lipinski definition) is 1. The molecule has 1 aromatic heterocycles. The molecule has 2 aromatic rings. The van der Waals surface area contributed by atoms with Crippen LogP contribution < -0.4 is 9.46 Å². The van der Waals surface area contributed by atoms with E-state index in [9.17, 15) is 12.8 Å². The molecule has 20 heavy (non-hydrogen) atoms. The molecule has 8 heteroatoms. The van der Waals surface area contributed by atoms with Gasteiger partial charge < -0.3 is 4.74 Å². The Morgan fingerprint density at radius 3 is 2.65 bits per heavy atom. The van der Waals surface area contributed by atoms with Crippen molar-refractivity contribution in [3.8, 4) is 5.75 Å². The molecule has 108 valence electrons. The van der Waals surface area contributed by atoms with Crippen molar-refractivity contribution in [2.75, 3.05) is 13.2 Å². The van der Waals surface area contributed by atoms with Crippen molar-refractivity contribution in [3.63, 3.8) is 0 Å². The van der Waals surface area contributed by atoms with Crippen LogP contribution >= 0.6 is 27.3 Å². The number of rotatable bonds is 6.